The third-order valence-electron chi connectivity index (χ3n) is 2.16. The van der Waals surface area contributed by atoms with Crippen LogP contribution in [0, 0.1) is 22.7 Å². The SMILES string of the molecule is Clc1ccc(Cl)c(Cl)c1Cl.N#Cc1ccccc1C#N. The second kappa shape index (κ2) is 8.00. The first-order valence-electron chi connectivity index (χ1n) is 5.19. The molecule has 0 heterocycles. The normalized spacial score (nSPS) is 8.90. The molecule has 0 aliphatic carbocycles. The Balaban J connectivity index is 0.000000200. The topological polar surface area (TPSA) is 47.6 Å². The van der Waals surface area contributed by atoms with Gasteiger partial charge < -0.3 is 0 Å². The van der Waals surface area contributed by atoms with Crippen LogP contribution in [0.25, 0.3) is 0 Å². The minimum atomic E-state index is 0.302. The minimum absolute atomic E-state index is 0.302. The standard InChI is InChI=1S/C8H4N2.C6H2Cl4/c9-5-7-3-1-2-4-8(7)6-10;7-3-1-2-4(8)6(10)5(3)9/h1-4H;1-2H. The van der Waals surface area contributed by atoms with E-state index in [0.29, 0.717) is 31.2 Å². The summed E-state index contributed by atoms with van der Waals surface area (Å²) in [5, 5.41) is 18.3. The maximum atomic E-state index is 8.45. The Labute approximate surface area is 136 Å². The Morgan fingerprint density at radius 3 is 1.30 bits per heavy atom. The van der Waals surface area contributed by atoms with E-state index in [0.717, 1.165) is 0 Å². The number of nitrogens with zero attached hydrogens (tertiary/aromatic N) is 2. The molecule has 0 aliphatic rings. The monoisotopic (exact) mass is 342 g/mol. The second-order valence-corrected chi connectivity index (χ2v) is 5.00. The van der Waals surface area contributed by atoms with Crippen molar-refractivity contribution in [3.63, 3.8) is 0 Å². The van der Waals surface area contributed by atoms with Crippen LogP contribution < -0.4 is 0 Å². The fourth-order valence-corrected chi connectivity index (χ4v) is 1.92. The lowest BCUT2D eigenvalue weighted by molar-refractivity contribution is 1.43. The summed E-state index contributed by atoms with van der Waals surface area (Å²) in [6.07, 6.45) is 0. The highest BCUT2D eigenvalue weighted by atomic mass is 35.5. The van der Waals surface area contributed by atoms with E-state index >= 15 is 0 Å². The van der Waals surface area contributed by atoms with E-state index < -0.39 is 0 Å². The molecule has 0 saturated heterocycles. The van der Waals surface area contributed by atoms with Crippen LogP contribution in [-0.2, 0) is 0 Å². The van der Waals surface area contributed by atoms with E-state index in [1.54, 1.807) is 36.4 Å². The van der Waals surface area contributed by atoms with Gasteiger partial charge in [0.1, 0.15) is 12.1 Å². The van der Waals surface area contributed by atoms with Crippen LogP contribution in [0.3, 0.4) is 0 Å². The van der Waals surface area contributed by atoms with E-state index in [4.69, 9.17) is 56.9 Å². The molecule has 0 saturated carbocycles. The molecule has 0 fully saturated rings. The molecule has 0 aliphatic heterocycles. The highest BCUT2D eigenvalue weighted by molar-refractivity contribution is 6.51. The Hall–Kier alpha value is -1.42. The number of nitriles is 2. The van der Waals surface area contributed by atoms with Crippen molar-refractivity contribution in [2.24, 2.45) is 0 Å². The van der Waals surface area contributed by atoms with Gasteiger partial charge in [-0.1, -0.05) is 58.5 Å². The molecule has 0 unspecified atom stereocenters. The Bertz CT molecular complexity index is 639. The highest BCUT2D eigenvalue weighted by Gasteiger charge is 2.05. The third kappa shape index (κ3) is 4.30. The van der Waals surface area contributed by atoms with Crippen molar-refractivity contribution < 1.29 is 0 Å². The molecule has 20 heavy (non-hydrogen) atoms. The predicted octanol–water partition coefficient (Wildman–Crippen LogP) is 5.73. The van der Waals surface area contributed by atoms with Crippen LogP contribution in [0.5, 0.6) is 0 Å². The van der Waals surface area contributed by atoms with Crippen LogP contribution in [0.2, 0.25) is 20.1 Å². The van der Waals surface area contributed by atoms with Crippen LogP contribution >= 0.6 is 46.4 Å². The van der Waals surface area contributed by atoms with Crippen LogP contribution in [0.4, 0.5) is 0 Å². The molecule has 0 atom stereocenters. The van der Waals surface area contributed by atoms with Gasteiger partial charge in [-0.3, -0.25) is 0 Å². The lowest BCUT2D eigenvalue weighted by Crippen LogP contribution is -1.79. The van der Waals surface area contributed by atoms with Gasteiger partial charge in [0, 0.05) is 0 Å². The number of benzene rings is 2. The van der Waals surface area contributed by atoms with Gasteiger partial charge >= 0.3 is 0 Å². The lowest BCUT2D eigenvalue weighted by Gasteiger charge is -1.98. The fourth-order valence-electron chi connectivity index (χ4n) is 1.18. The Morgan fingerprint density at radius 2 is 1.00 bits per heavy atom. The maximum absolute atomic E-state index is 8.45. The Kier molecular flexibility index (Phi) is 6.65. The van der Waals surface area contributed by atoms with Crippen molar-refractivity contribution in [1.29, 1.82) is 10.5 Å². The van der Waals surface area contributed by atoms with Gasteiger partial charge in [-0.15, -0.1) is 0 Å². The van der Waals surface area contributed by atoms with Crippen molar-refractivity contribution in [1.82, 2.24) is 0 Å². The summed E-state index contributed by atoms with van der Waals surface area (Å²) in [7, 11) is 0. The molecule has 0 radical (unpaired) electrons. The van der Waals surface area contributed by atoms with E-state index in [1.165, 1.54) is 0 Å². The van der Waals surface area contributed by atoms with Gasteiger partial charge in [0.25, 0.3) is 0 Å². The number of rotatable bonds is 0. The maximum Gasteiger partial charge on any atom is 0.101 e. The largest absolute Gasteiger partial charge is 0.192 e. The minimum Gasteiger partial charge on any atom is -0.192 e. The third-order valence-corrected chi connectivity index (χ3v) is 3.86. The molecule has 0 bridgehead atoms. The average molecular weight is 344 g/mol. The van der Waals surface area contributed by atoms with Crippen molar-refractivity contribution in [2.75, 3.05) is 0 Å². The van der Waals surface area contributed by atoms with Gasteiger partial charge in [-0.2, -0.15) is 10.5 Å². The predicted molar refractivity (Wildman–Crippen MR) is 82.4 cm³/mol. The molecular formula is C14H6Cl4N2. The van der Waals surface area contributed by atoms with Gasteiger partial charge in [0.15, 0.2) is 0 Å². The molecule has 2 nitrogen and oxygen atoms in total. The zero-order valence-electron chi connectivity index (χ0n) is 9.87. The van der Waals surface area contributed by atoms with Gasteiger partial charge in [0.2, 0.25) is 0 Å². The quantitative estimate of drug-likeness (QED) is 0.453. The molecular weight excluding hydrogens is 338 g/mol. The summed E-state index contributed by atoms with van der Waals surface area (Å²) >= 11 is 22.5. The summed E-state index contributed by atoms with van der Waals surface area (Å²) in [5.41, 5.74) is 0.870. The summed E-state index contributed by atoms with van der Waals surface area (Å²) in [4.78, 5) is 0. The molecule has 0 N–H and O–H groups in total. The summed E-state index contributed by atoms with van der Waals surface area (Å²) in [6.45, 7) is 0. The van der Waals surface area contributed by atoms with Crippen molar-refractivity contribution in [2.45, 2.75) is 0 Å². The van der Waals surface area contributed by atoms with Crippen LogP contribution in [-0.4, -0.2) is 0 Å². The van der Waals surface area contributed by atoms with Gasteiger partial charge in [-0.05, 0) is 24.3 Å². The first kappa shape index (κ1) is 16.6. The molecule has 2 rings (SSSR count). The Morgan fingerprint density at radius 1 is 0.650 bits per heavy atom. The molecule has 0 spiro atoms. The fraction of sp³-hybridized carbons (Fsp3) is 0. The van der Waals surface area contributed by atoms with Gasteiger partial charge in [0.05, 0.1) is 31.2 Å². The van der Waals surface area contributed by atoms with E-state index in [-0.39, 0.29) is 0 Å². The molecule has 0 aromatic heterocycles. The highest BCUT2D eigenvalue weighted by Crippen LogP contribution is 2.34. The second-order valence-electron chi connectivity index (χ2n) is 3.43. The van der Waals surface area contributed by atoms with Crippen molar-refractivity contribution in [3.05, 3.63) is 67.6 Å². The van der Waals surface area contributed by atoms with Crippen molar-refractivity contribution >= 4 is 46.4 Å². The summed E-state index contributed by atoms with van der Waals surface area (Å²) in [5.74, 6) is 0. The zero-order valence-corrected chi connectivity index (χ0v) is 12.9. The molecule has 100 valence electrons. The first-order valence-corrected chi connectivity index (χ1v) is 6.70. The number of hydrogen-bond donors (Lipinski definition) is 0. The summed E-state index contributed by atoms with van der Waals surface area (Å²) in [6, 6.07) is 13.8. The smallest absolute Gasteiger partial charge is 0.101 e. The molecule has 0 amide bonds. The number of halogens is 4. The first-order chi connectivity index (χ1) is 9.51. The van der Waals surface area contributed by atoms with Crippen LogP contribution in [0.15, 0.2) is 36.4 Å². The van der Waals surface area contributed by atoms with E-state index in [2.05, 4.69) is 0 Å². The van der Waals surface area contributed by atoms with E-state index in [1.807, 2.05) is 12.1 Å². The molecule has 2 aromatic rings. The van der Waals surface area contributed by atoms with Crippen LogP contribution in [0.1, 0.15) is 11.1 Å². The van der Waals surface area contributed by atoms with E-state index in [9.17, 15) is 0 Å². The van der Waals surface area contributed by atoms with Gasteiger partial charge in [-0.25, -0.2) is 0 Å². The number of hydrogen-bond acceptors (Lipinski definition) is 2. The zero-order chi connectivity index (χ0) is 15.1. The average Bonchev–Trinajstić information content (AvgIpc) is 2.49. The lowest BCUT2D eigenvalue weighted by atomic mass is 10.1. The summed E-state index contributed by atoms with van der Waals surface area (Å²) < 4.78 is 0. The van der Waals surface area contributed by atoms with Crippen molar-refractivity contribution in [3.8, 4) is 12.1 Å². The molecule has 2 aromatic carbocycles. The molecule has 6 heteroatoms.